The molecule has 60 heavy (non-hydrogen) atoms. The average molecular weight is 991 g/mol. The first-order valence-electron chi connectivity index (χ1n) is 22.0. The minimum Gasteiger partial charge on any atom is -0.501 e. The molecule has 0 N–H and O–H groups in total. The fourth-order valence-corrected chi connectivity index (χ4v) is 11.0. The second kappa shape index (κ2) is 18.8. The van der Waals surface area contributed by atoms with Crippen LogP contribution in [0.15, 0.2) is 108 Å². The van der Waals surface area contributed by atoms with Gasteiger partial charge in [0.1, 0.15) is 11.4 Å². The van der Waals surface area contributed by atoms with Crippen molar-refractivity contribution in [1.82, 2.24) is 9.97 Å². The van der Waals surface area contributed by atoms with E-state index in [0.717, 1.165) is 80.3 Å². The van der Waals surface area contributed by atoms with Crippen LogP contribution in [-0.2, 0) is 32.9 Å². The summed E-state index contributed by atoms with van der Waals surface area (Å²) in [4.78, 5) is 9.51. The molecule has 0 saturated heterocycles. The third-order valence-corrected chi connectivity index (χ3v) is 14.5. The minimum atomic E-state index is -1.41. The SMILES string of the molecule is CC(C)(C)Cc1cc(-c2[c-]cc(C3CCCCC3)cc2)ncc1[Si](C)(C)C.Fc1ccc(-c2cccc3oc4c(-c5cc(CC6CCCC6)ccn5)[c-]ccc4c23)cc1.[Ir]. The molecule has 2 aliphatic rings. The number of aromatic nitrogens is 2. The first kappa shape index (κ1) is 43.9. The molecule has 0 unspecified atom stereocenters. The largest absolute Gasteiger partial charge is 0.501 e. The van der Waals surface area contributed by atoms with Crippen LogP contribution >= 0.6 is 0 Å². The molecular weight excluding hydrogens is 932 g/mol. The topological polar surface area (TPSA) is 38.9 Å². The number of fused-ring (bicyclic) bond motifs is 3. The third-order valence-electron chi connectivity index (χ3n) is 12.4. The smallest absolute Gasteiger partial charge is 0.123 e. The summed E-state index contributed by atoms with van der Waals surface area (Å²) in [6.45, 7) is 14.2. The van der Waals surface area contributed by atoms with Gasteiger partial charge < -0.3 is 14.4 Å². The summed E-state index contributed by atoms with van der Waals surface area (Å²) in [5, 5.41) is 3.56. The van der Waals surface area contributed by atoms with Crippen LogP contribution in [0.3, 0.4) is 0 Å². The monoisotopic (exact) mass is 991 g/mol. The van der Waals surface area contributed by atoms with Gasteiger partial charge in [0.25, 0.3) is 0 Å². The zero-order valence-corrected chi connectivity index (χ0v) is 39.7. The van der Waals surface area contributed by atoms with E-state index in [1.165, 1.54) is 91.8 Å². The Balaban J connectivity index is 0.000000182. The molecule has 0 spiro atoms. The van der Waals surface area contributed by atoms with Crippen molar-refractivity contribution in [2.75, 3.05) is 0 Å². The van der Waals surface area contributed by atoms with Crippen molar-refractivity contribution in [2.45, 2.75) is 117 Å². The van der Waals surface area contributed by atoms with Crippen molar-refractivity contribution < 1.29 is 28.9 Å². The van der Waals surface area contributed by atoms with Crippen LogP contribution < -0.4 is 5.19 Å². The van der Waals surface area contributed by atoms with Gasteiger partial charge in [-0.1, -0.05) is 163 Å². The van der Waals surface area contributed by atoms with Crippen molar-refractivity contribution in [1.29, 1.82) is 0 Å². The fraction of sp³-hybridized carbons (Fsp3) is 0.370. The number of furan rings is 1. The van der Waals surface area contributed by atoms with Crippen LogP contribution in [0, 0.1) is 29.3 Å². The molecule has 6 heteroatoms. The van der Waals surface area contributed by atoms with E-state index in [1.807, 2.05) is 42.6 Å². The maximum absolute atomic E-state index is 13.5. The first-order valence-corrected chi connectivity index (χ1v) is 25.5. The maximum Gasteiger partial charge on any atom is 0.123 e. The Morgan fingerprint density at radius 2 is 1.55 bits per heavy atom. The summed E-state index contributed by atoms with van der Waals surface area (Å²) in [6.07, 6.45) is 18.5. The van der Waals surface area contributed by atoms with Crippen LogP contribution in [0.5, 0.6) is 0 Å². The average Bonchev–Trinajstić information content (AvgIpc) is 3.89. The van der Waals surface area contributed by atoms with Crippen molar-refractivity contribution in [3.63, 3.8) is 0 Å². The Morgan fingerprint density at radius 3 is 2.25 bits per heavy atom. The van der Waals surface area contributed by atoms with Gasteiger partial charge in [-0.15, -0.1) is 53.6 Å². The van der Waals surface area contributed by atoms with Gasteiger partial charge in [0.15, 0.2) is 0 Å². The summed E-state index contributed by atoms with van der Waals surface area (Å²) in [6, 6.07) is 37.0. The molecule has 0 atom stereocenters. The van der Waals surface area contributed by atoms with Gasteiger partial charge in [0.05, 0.1) is 13.7 Å². The number of halogens is 1. The summed E-state index contributed by atoms with van der Waals surface area (Å²) < 4.78 is 19.8. The van der Waals surface area contributed by atoms with Crippen molar-refractivity contribution in [2.24, 2.45) is 11.3 Å². The molecule has 313 valence electrons. The molecule has 4 aromatic carbocycles. The van der Waals surface area contributed by atoms with Crippen molar-refractivity contribution >= 4 is 35.2 Å². The molecule has 2 aliphatic carbocycles. The van der Waals surface area contributed by atoms with Gasteiger partial charge in [-0.05, 0) is 76.1 Å². The number of rotatable bonds is 8. The Kier molecular flexibility index (Phi) is 13.7. The minimum absolute atomic E-state index is 0. The second-order valence-corrected chi connectivity index (χ2v) is 24.4. The summed E-state index contributed by atoms with van der Waals surface area (Å²) in [7, 11) is -1.41. The molecule has 3 heterocycles. The molecule has 3 aromatic heterocycles. The predicted molar refractivity (Wildman–Crippen MR) is 247 cm³/mol. The maximum atomic E-state index is 13.5. The molecule has 9 rings (SSSR count). The van der Waals surface area contributed by atoms with E-state index in [0.29, 0.717) is 0 Å². The number of nitrogens with zero attached hydrogens (tertiary/aromatic N) is 2. The van der Waals surface area contributed by atoms with E-state index in [-0.39, 0.29) is 31.3 Å². The second-order valence-electron chi connectivity index (χ2n) is 19.4. The molecule has 1 radical (unpaired) electrons. The summed E-state index contributed by atoms with van der Waals surface area (Å²) in [5.41, 5.74) is 12.1. The van der Waals surface area contributed by atoms with E-state index in [2.05, 4.69) is 106 Å². The van der Waals surface area contributed by atoms with Crippen LogP contribution in [0.4, 0.5) is 4.39 Å². The van der Waals surface area contributed by atoms with Crippen LogP contribution in [0.25, 0.3) is 55.6 Å². The molecule has 0 amide bonds. The van der Waals surface area contributed by atoms with Crippen molar-refractivity contribution in [3.05, 3.63) is 138 Å². The van der Waals surface area contributed by atoms with E-state index < -0.39 is 8.07 Å². The third kappa shape index (κ3) is 10.3. The Labute approximate surface area is 372 Å². The zero-order chi connectivity index (χ0) is 41.1. The zero-order valence-electron chi connectivity index (χ0n) is 36.3. The summed E-state index contributed by atoms with van der Waals surface area (Å²) in [5.74, 6) is 1.29. The van der Waals surface area contributed by atoms with E-state index >= 15 is 0 Å². The number of benzene rings is 4. The standard InChI is InChI=1S/C29H23FNO.C25H36NSi.Ir/c30-22-13-11-21(12-14-22)23-7-4-10-27-28(23)25-9-3-8-24(29(25)32-27)26-18-20(15-16-31-26)17-19-5-1-2-6-19;1-25(2,3)17-22-16-23(26-18-24(22)27(4,5)6)21-14-12-20(13-15-21)19-10-8-7-9-11-19;/h3-4,7,9-16,18-19H,1-2,5-6,17H2;12-14,16,18-19H,7-11,17H2,1-6H3;/q2*-1;. The predicted octanol–water partition coefficient (Wildman–Crippen LogP) is 14.7. The van der Waals surface area contributed by atoms with E-state index in [1.54, 1.807) is 0 Å². The number of pyridine rings is 2. The first-order chi connectivity index (χ1) is 28.4. The molecule has 0 aliphatic heterocycles. The van der Waals surface area contributed by atoms with Crippen LogP contribution in [-0.4, -0.2) is 18.0 Å². The van der Waals surface area contributed by atoms with Gasteiger partial charge in [0, 0.05) is 37.9 Å². The van der Waals surface area contributed by atoms with Gasteiger partial charge in [0.2, 0.25) is 0 Å². The Hall–Kier alpha value is -4.22. The van der Waals surface area contributed by atoms with Gasteiger partial charge >= 0.3 is 0 Å². The molecule has 7 aromatic rings. The van der Waals surface area contributed by atoms with Gasteiger partial charge in [-0.25, -0.2) is 4.39 Å². The quantitative estimate of drug-likeness (QED) is 0.112. The molecular formula is C54H59FIrN2OSi-2. The normalized spacial score (nSPS) is 15.2. The molecule has 0 bridgehead atoms. The Bertz CT molecular complexity index is 2520. The molecule has 3 nitrogen and oxygen atoms in total. The molecule has 2 fully saturated rings. The fourth-order valence-electron chi connectivity index (χ4n) is 9.46. The van der Waals surface area contributed by atoms with E-state index in [4.69, 9.17) is 9.40 Å². The van der Waals surface area contributed by atoms with Gasteiger partial charge in [-0.3, -0.25) is 0 Å². The van der Waals surface area contributed by atoms with Crippen LogP contribution in [0.2, 0.25) is 19.6 Å². The molecule has 2 saturated carbocycles. The van der Waals surface area contributed by atoms with E-state index in [9.17, 15) is 4.39 Å². The summed E-state index contributed by atoms with van der Waals surface area (Å²) >= 11 is 0. The van der Waals surface area contributed by atoms with Crippen molar-refractivity contribution in [3.8, 4) is 33.6 Å². The van der Waals surface area contributed by atoms with Crippen LogP contribution in [0.1, 0.15) is 101 Å². The number of hydrogen-bond donors (Lipinski definition) is 0. The number of hydrogen-bond acceptors (Lipinski definition) is 3. The van der Waals surface area contributed by atoms with Gasteiger partial charge in [-0.2, -0.15) is 0 Å². The Morgan fingerprint density at radius 1 is 0.800 bits per heavy atom.